The van der Waals surface area contributed by atoms with Gasteiger partial charge < -0.3 is 38.6 Å². The Morgan fingerprint density at radius 1 is 0.457 bits per heavy atom. The molecular weight excluding hydrogens is 588 g/mol. The van der Waals surface area contributed by atoms with E-state index in [1.807, 2.05) is 41.5 Å². The van der Waals surface area contributed by atoms with Crippen LogP contribution in [0.3, 0.4) is 0 Å². The Kier molecular flexibility index (Phi) is 18.6. The van der Waals surface area contributed by atoms with Crippen molar-refractivity contribution in [3.8, 4) is 46.0 Å². The third kappa shape index (κ3) is 11.4. The molecule has 0 radical (unpaired) electrons. The van der Waals surface area contributed by atoms with E-state index in [0.29, 0.717) is 39.6 Å². The van der Waals surface area contributed by atoms with E-state index in [-0.39, 0.29) is 57.1 Å². The molecule has 2 N–H and O–H groups in total. The molecule has 0 aliphatic heterocycles. The van der Waals surface area contributed by atoms with E-state index in [1.165, 1.54) is 12.1 Å². The number of benzene rings is 2. The summed E-state index contributed by atoms with van der Waals surface area (Å²) in [7, 11) is 0. The van der Waals surface area contributed by atoms with E-state index in [4.69, 9.17) is 28.4 Å². The lowest BCUT2D eigenvalue weighted by atomic mass is 9.98. The van der Waals surface area contributed by atoms with Crippen molar-refractivity contribution in [1.29, 1.82) is 0 Å². The van der Waals surface area contributed by atoms with Crippen LogP contribution < -0.4 is 28.4 Å². The number of aromatic hydroxyl groups is 2. The highest BCUT2D eigenvalue weighted by molar-refractivity contribution is 6.14. The van der Waals surface area contributed by atoms with E-state index in [0.717, 1.165) is 77.0 Å². The predicted octanol–water partition coefficient (Wildman–Crippen LogP) is 9.40. The molecule has 0 bridgehead atoms. The first kappa shape index (κ1) is 38.7. The van der Waals surface area contributed by atoms with Crippen LogP contribution in [-0.2, 0) is 0 Å². The van der Waals surface area contributed by atoms with Crippen LogP contribution >= 0.6 is 0 Å². The highest BCUT2D eigenvalue weighted by Gasteiger charge is 2.31. The fourth-order valence-electron chi connectivity index (χ4n) is 4.40. The van der Waals surface area contributed by atoms with Gasteiger partial charge in [0.15, 0.2) is 23.0 Å². The lowest BCUT2D eigenvalue weighted by Gasteiger charge is -2.22. The summed E-state index contributed by atoms with van der Waals surface area (Å²) in [5, 5.41) is 22.7. The number of phenolic OH excluding ortho intramolecular Hbond substituents is 2. The first-order chi connectivity index (χ1) is 22.4. The highest BCUT2D eigenvalue weighted by atomic mass is 16.5. The molecule has 2 rings (SSSR count). The summed E-state index contributed by atoms with van der Waals surface area (Å²) in [5.74, 6) is -0.149. The summed E-state index contributed by atoms with van der Waals surface area (Å²) in [4.78, 5) is 14.8. The molecule has 0 fully saturated rings. The van der Waals surface area contributed by atoms with Gasteiger partial charge in [-0.05, 0) is 50.7 Å². The highest BCUT2D eigenvalue weighted by Crippen LogP contribution is 2.51. The lowest BCUT2D eigenvalue weighted by molar-refractivity contribution is 0.102. The smallest absolute Gasteiger partial charge is 0.208 e. The molecule has 260 valence electrons. The second kappa shape index (κ2) is 22.1. The molecule has 0 aromatic heterocycles. The van der Waals surface area contributed by atoms with E-state index in [1.54, 1.807) is 0 Å². The number of hydrogen-bond acceptors (Lipinski definition) is 9. The van der Waals surface area contributed by atoms with Crippen molar-refractivity contribution < 1.29 is 43.4 Å². The average Bonchev–Trinajstić information content (AvgIpc) is 3.05. The number of phenols is 2. The molecule has 9 heteroatoms. The zero-order valence-corrected chi connectivity index (χ0v) is 29.1. The summed E-state index contributed by atoms with van der Waals surface area (Å²) < 4.78 is 36.6. The summed E-state index contributed by atoms with van der Waals surface area (Å²) in [5.41, 5.74) is 0.300. The Morgan fingerprint density at radius 3 is 1.00 bits per heavy atom. The average molecular weight is 647 g/mol. The van der Waals surface area contributed by atoms with Crippen molar-refractivity contribution in [1.82, 2.24) is 0 Å². The minimum Gasteiger partial charge on any atom is -0.502 e. The van der Waals surface area contributed by atoms with Gasteiger partial charge >= 0.3 is 0 Å². The van der Waals surface area contributed by atoms with Gasteiger partial charge in [-0.15, -0.1) is 0 Å². The van der Waals surface area contributed by atoms with Crippen molar-refractivity contribution in [2.75, 3.05) is 39.6 Å². The standard InChI is InChI=1S/C37H58O9/c1-7-13-19-41-29-25-27(34(43-21-15-9-3)36(32(29)39)45-23-17-11-5)31(38)28-26-30(42-20-14-8-2)33(40)37(46-24-18-12-6)35(28)44-22-16-10-4/h25-26,39-40H,7-24H2,1-6H3. The minimum atomic E-state index is -0.459. The fourth-order valence-corrected chi connectivity index (χ4v) is 4.40. The van der Waals surface area contributed by atoms with E-state index >= 15 is 0 Å². The molecule has 0 saturated heterocycles. The van der Waals surface area contributed by atoms with Gasteiger partial charge in [0.1, 0.15) is 0 Å². The normalized spacial score (nSPS) is 10.9. The molecule has 0 atom stereocenters. The Bertz CT molecular complexity index is 1090. The minimum absolute atomic E-state index is 0.0768. The van der Waals surface area contributed by atoms with E-state index < -0.39 is 5.78 Å². The van der Waals surface area contributed by atoms with Crippen molar-refractivity contribution in [2.24, 2.45) is 0 Å². The van der Waals surface area contributed by atoms with Gasteiger partial charge in [-0.2, -0.15) is 0 Å². The largest absolute Gasteiger partial charge is 0.502 e. The van der Waals surface area contributed by atoms with Crippen molar-refractivity contribution in [3.05, 3.63) is 23.3 Å². The first-order valence-electron chi connectivity index (χ1n) is 17.5. The van der Waals surface area contributed by atoms with Crippen LogP contribution in [-0.4, -0.2) is 55.6 Å². The zero-order chi connectivity index (χ0) is 33.7. The van der Waals surface area contributed by atoms with Gasteiger partial charge in [-0.25, -0.2) is 0 Å². The zero-order valence-electron chi connectivity index (χ0n) is 29.1. The maximum absolute atomic E-state index is 14.8. The Hall–Kier alpha value is -3.49. The molecular formula is C37H58O9. The fraction of sp³-hybridized carbons (Fsp3) is 0.649. The van der Waals surface area contributed by atoms with Gasteiger partial charge in [0.25, 0.3) is 0 Å². The van der Waals surface area contributed by atoms with Gasteiger partial charge in [-0.3, -0.25) is 4.79 Å². The van der Waals surface area contributed by atoms with Crippen LogP contribution in [0.5, 0.6) is 46.0 Å². The molecule has 0 unspecified atom stereocenters. The molecule has 0 saturated carbocycles. The van der Waals surface area contributed by atoms with Gasteiger partial charge in [0.2, 0.25) is 28.8 Å². The van der Waals surface area contributed by atoms with Crippen LogP contribution in [0.15, 0.2) is 12.1 Å². The summed E-state index contributed by atoms with van der Waals surface area (Å²) in [6.45, 7) is 14.3. The third-order valence-corrected chi connectivity index (χ3v) is 7.33. The second-order valence-corrected chi connectivity index (χ2v) is 11.4. The van der Waals surface area contributed by atoms with Crippen LogP contribution in [0.2, 0.25) is 0 Å². The summed E-state index contributed by atoms with van der Waals surface area (Å²) in [6, 6.07) is 3.03. The van der Waals surface area contributed by atoms with Crippen LogP contribution in [0.4, 0.5) is 0 Å². The van der Waals surface area contributed by atoms with Crippen molar-refractivity contribution in [2.45, 2.75) is 119 Å². The van der Waals surface area contributed by atoms with Crippen LogP contribution in [0.25, 0.3) is 0 Å². The molecule has 0 aliphatic carbocycles. The third-order valence-electron chi connectivity index (χ3n) is 7.33. The van der Waals surface area contributed by atoms with Gasteiger partial charge in [-0.1, -0.05) is 80.1 Å². The maximum atomic E-state index is 14.8. The molecule has 9 nitrogen and oxygen atoms in total. The number of carbonyl (C=O) groups excluding carboxylic acids is 1. The molecule has 2 aromatic carbocycles. The van der Waals surface area contributed by atoms with Crippen molar-refractivity contribution in [3.63, 3.8) is 0 Å². The topological polar surface area (TPSA) is 113 Å². The number of hydrogen-bond donors (Lipinski definition) is 2. The quantitative estimate of drug-likeness (QED) is 0.0762. The second-order valence-electron chi connectivity index (χ2n) is 11.4. The number of ketones is 1. The molecule has 2 aromatic rings. The number of rotatable bonds is 26. The van der Waals surface area contributed by atoms with Crippen LogP contribution in [0, 0.1) is 0 Å². The molecule has 0 aliphatic rings. The number of ether oxygens (including phenoxy) is 6. The molecule has 0 spiro atoms. The Balaban J connectivity index is 2.87. The predicted molar refractivity (Wildman–Crippen MR) is 182 cm³/mol. The van der Waals surface area contributed by atoms with Crippen LogP contribution in [0.1, 0.15) is 135 Å². The maximum Gasteiger partial charge on any atom is 0.208 e. The Labute approximate surface area is 276 Å². The van der Waals surface area contributed by atoms with E-state index in [2.05, 4.69) is 0 Å². The number of carbonyl (C=O) groups is 1. The monoisotopic (exact) mass is 646 g/mol. The van der Waals surface area contributed by atoms with Gasteiger partial charge in [0, 0.05) is 0 Å². The molecule has 46 heavy (non-hydrogen) atoms. The first-order valence-corrected chi connectivity index (χ1v) is 17.5. The van der Waals surface area contributed by atoms with Crippen molar-refractivity contribution >= 4 is 5.78 Å². The lowest BCUT2D eigenvalue weighted by Crippen LogP contribution is -2.14. The van der Waals surface area contributed by atoms with E-state index in [9.17, 15) is 15.0 Å². The summed E-state index contributed by atoms with van der Waals surface area (Å²) in [6.07, 6.45) is 9.87. The SMILES string of the molecule is CCCCOc1cc(C(=O)c2cc(OCCCC)c(O)c(OCCCC)c2OCCCC)c(OCCCC)c(OCCCC)c1O. The molecule has 0 heterocycles. The number of unbranched alkanes of at least 4 members (excludes halogenated alkanes) is 6. The Morgan fingerprint density at radius 2 is 0.717 bits per heavy atom. The van der Waals surface area contributed by atoms with Gasteiger partial charge in [0.05, 0.1) is 50.8 Å². The molecule has 0 amide bonds. The summed E-state index contributed by atoms with van der Waals surface area (Å²) >= 11 is 0.